The summed E-state index contributed by atoms with van der Waals surface area (Å²) in [5.74, 6) is 0. The van der Waals surface area contributed by atoms with Crippen molar-refractivity contribution in [3.05, 3.63) is 41.4 Å². The van der Waals surface area contributed by atoms with E-state index in [0.29, 0.717) is 24.7 Å². The second kappa shape index (κ2) is 7.14. The highest BCUT2D eigenvalue weighted by Crippen LogP contribution is 2.25. The highest BCUT2D eigenvalue weighted by Gasteiger charge is 2.34. The molecule has 0 amide bonds. The topological polar surface area (TPSA) is 44.5 Å². The van der Waals surface area contributed by atoms with Gasteiger partial charge in [0.15, 0.2) is 6.29 Å². The van der Waals surface area contributed by atoms with Gasteiger partial charge in [0.05, 0.1) is 25.9 Å². The summed E-state index contributed by atoms with van der Waals surface area (Å²) in [6, 6.07) is 10.4. The Morgan fingerprint density at radius 3 is 2.71 bits per heavy atom. The number of benzene rings is 1. The van der Waals surface area contributed by atoms with Crippen molar-refractivity contribution in [1.29, 1.82) is 0 Å². The summed E-state index contributed by atoms with van der Waals surface area (Å²) in [5.41, 5.74) is 1.03. The van der Waals surface area contributed by atoms with Gasteiger partial charge in [0.1, 0.15) is 6.33 Å². The van der Waals surface area contributed by atoms with E-state index in [1.165, 1.54) is 12.8 Å². The van der Waals surface area contributed by atoms with Crippen molar-refractivity contribution < 1.29 is 9.47 Å². The second-order valence-corrected chi connectivity index (χ2v) is 6.61. The first-order valence-electron chi connectivity index (χ1n) is 8.50. The molecule has 2 aliphatic rings. The van der Waals surface area contributed by atoms with Gasteiger partial charge in [-0.25, -0.2) is 4.68 Å². The fourth-order valence-corrected chi connectivity index (χ4v) is 3.73. The zero-order chi connectivity index (χ0) is 16.4. The van der Waals surface area contributed by atoms with Crippen LogP contribution in [0.2, 0.25) is 0 Å². The van der Waals surface area contributed by atoms with Crippen LogP contribution < -0.4 is 0 Å². The van der Waals surface area contributed by atoms with Crippen LogP contribution in [0.5, 0.6) is 0 Å². The number of hydrogen-bond acceptors (Lipinski definition) is 5. The Morgan fingerprint density at radius 1 is 1.12 bits per heavy atom. The third kappa shape index (κ3) is 3.17. The van der Waals surface area contributed by atoms with Crippen molar-refractivity contribution in [3.8, 4) is 5.69 Å². The van der Waals surface area contributed by atoms with Crippen LogP contribution in [0.25, 0.3) is 5.69 Å². The molecule has 4 rings (SSSR count). The first-order valence-corrected chi connectivity index (χ1v) is 8.91. The number of para-hydroxylation sites is 1. The molecule has 7 heteroatoms. The van der Waals surface area contributed by atoms with Crippen LogP contribution in [0.4, 0.5) is 0 Å². The fraction of sp³-hybridized carbons (Fsp3) is 0.529. The Morgan fingerprint density at radius 2 is 1.92 bits per heavy atom. The molecule has 0 saturated carbocycles. The smallest absolute Gasteiger partial charge is 0.203 e. The molecule has 3 heterocycles. The zero-order valence-corrected chi connectivity index (χ0v) is 14.4. The minimum Gasteiger partial charge on any atom is -0.349 e. The molecule has 0 spiro atoms. The molecule has 0 radical (unpaired) electrons. The molecular formula is C17H22N4O2S. The SMILES string of the molecule is S=c1n(-c2ccccc2)cnn1CN1CCCCC1C1OCCO1. The number of aromatic nitrogens is 3. The molecule has 6 nitrogen and oxygen atoms in total. The number of rotatable bonds is 4. The van der Waals surface area contributed by atoms with Crippen LogP contribution in [-0.2, 0) is 16.1 Å². The average molecular weight is 346 g/mol. The van der Waals surface area contributed by atoms with Gasteiger partial charge in [-0.05, 0) is 37.2 Å². The minimum absolute atomic E-state index is 0.115. The second-order valence-electron chi connectivity index (χ2n) is 6.25. The van der Waals surface area contributed by atoms with Crippen LogP contribution in [0.15, 0.2) is 36.7 Å². The van der Waals surface area contributed by atoms with Crippen LogP contribution >= 0.6 is 12.2 Å². The molecule has 0 aliphatic carbocycles. The third-order valence-electron chi connectivity index (χ3n) is 4.71. The number of ether oxygens (including phenoxy) is 2. The van der Waals surface area contributed by atoms with Gasteiger partial charge in [-0.15, -0.1) is 0 Å². The largest absolute Gasteiger partial charge is 0.349 e. The zero-order valence-electron chi connectivity index (χ0n) is 13.6. The molecule has 1 aromatic heterocycles. The molecule has 128 valence electrons. The van der Waals surface area contributed by atoms with Crippen LogP contribution in [0.1, 0.15) is 19.3 Å². The summed E-state index contributed by atoms with van der Waals surface area (Å²) < 4.78 is 16.0. The molecule has 2 fully saturated rings. The Bertz CT molecular complexity index is 724. The Hall–Kier alpha value is -1.54. The highest BCUT2D eigenvalue weighted by atomic mass is 32.1. The quantitative estimate of drug-likeness (QED) is 0.796. The number of nitrogens with zero attached hydrogens (tertiary/aromatic N) is 4. The third-order valence-corrected chi connectivity index (χ3v) is 5.12. The van der Waals surface area contributed by atoms with E-state index in [9.17, 15) is 0 Å². The van der Waals surface area contributed by atoms with Crippen LogP contribution in [-0.4, -0.2) is 51.3 Å². The van der Waals surface area contributed by atoms with Crippen molar-refractivity contribution >= 4 is 12.2 Å². The number of hydrogen-bond donors (Lipinski definition) is 0. The molecule has 2 saturated heterocycles. The number of piperidine rings is 1. The Balaban J connectivity index is 1.54. The molecule has 1 aromatic carbocycles. The van der Waals surface area contributed by atoms with E-state index in [2.05, 4.69) is 10.00 Å². The van der Waals surface area contributed by atoms with E-state index in [4.69, 9.17) is 21.7 Å². The normalized spacial score (nSPS) is 22.9. The maximum Gasteiger partial charge on any atom is 0.203 e. The van der Waals surface area contributed by atoms with Gasteiger partial charge in [0.25, 0.3) is 0 Å². The van der Waals surface area contributed by atoms with Crippen molar-refractivity contribution in [2.45, 2.75) is 38.3 Å². The molecule has 2 aromatic rings. The van der Waals surface area contributed by atoms with Gasteiger partial charge in [-0.2, -0.15) is 5.10 Å². The molecule has 0 bridgehead atoms. The van der Waals surface area contributed by atoms with E-state index in [1.54, 1.807) is 6.33 Å². The van der Waals surface area contributed by atoms with Crippen molar-refractivity contribution in [1.82, 2.24) is 19.2 Å². The van der Waals surface area contributed by atoms with Gasteiger partial charge in [0.2, 0.25) is 4.77 Å². The first kappa shape index (κ1) is 16.0. The predicted molar refractivity (Wildman–Crippen MR) is 92.4 cm³/mol. The van der Waals surface area contributed by atoms with Crippen molar-refractivity contribution in [2.24, 2.45) is 0 Å². The highest BCUT2D eigenvalue weighted by molar-refractivity contribution is 7.71. The standard InChI is InChI=1S/C17H22N4O2S/c24-17-20(14-6-2-1-3-7-14)12-18-21(17)13-19-9-5-4-8-15(19)16-22-10-11-23-16/h1-3,6-7,12,15-16H,4-5,8-11,13H2. The van der Waals surface area contributed by atoms with Crippen LogP contribution in [0, 0.1) is 4.77 Å². The Kier molecular flexibility index (Phi) is 4.75. The monoisotopic (exact) mass is 346 g/mol. The molecule has 1 atom stereocenters. The Labute approximate surface area is 146 Å². The van der Waals surface area contributed by atoms with Crippen molar-refractivity contribution in [2.75, 3.05) is 19.8 Å². The predicted octanol–water partition coefficient (Wildman–Crippen LogP) is 2.59. The molecule has 24 heavy (non-hydrogen) atoms. The van der Waals surface area contributed by atoms with Gasteiger partial charge in [-0.1, -0.05) is 24.6 Å². The molecule has 1 unspecified atom stereocenters. The summed E-state index contributed by atoms with van der Waals surface area (Å²) in [6.07, 6.45) is 5.18. The average Bonchev–Trinajstić information content (AvgIpc) is 3.27. The van der Waals surface area contributed by atoms with Gasteiger partial charge in [0, 0.05) is 12.2 Å². The maximum absolute atomic E-state index is 5.74. The van der Waals surface area contributed by atoms with E-state index < -0.39 is 0 Å². The lowest BCUT2D eigenvalue weighted by Gasteiger charge is -2.37. The summed E-state index contributed by atoms with van der Waals surface area (Å²) in [6.45, 7) is 3.08. The lowest BCUT2D eigenvalue weighted by molar-refractivity contribution is -0.116. The van der Waals surface area contributed by atoms with E-state index in [1.807, 2.05) is 39.6 Å². The van der Waals surface area contributed by atoms with E-state index in [-0.39, 0.29) is 12.3 Å². The van der Waals surface area contributed by atoms with Crippen LogP contribution in [0.3, 0.4) is 0 Å². The summed E-state index contributed by atoms with van der Waals surface area (Å²) in [5, 5.41) is 4.50. The fourth-order valence-electron chi connectivity index (χ4n) is 3.47. The molecule has 0 N–H and O–H groups in total. The van der Waals surface area contributed by atoms with Crippen molar-refractivity contribution in [3.63, 3.8) is 0 Å². The van der Waals surface area contributed by atoms with Gasteiger partial charge < -0.3 is 9.47 Å². The van der Waals surface area contributed by atoms with Gasteiger partial charge in [-0.3, -0.25) is 9.47 Å². The van der Waals surface area contributed by atoms with E-state index in [0.717, 1.165) is 18.7 Å². The van der Waals surface area contributed by atoms with E-state index >= 15 is 0 Å². The molecular weight excluding hydrogens is 324 g/mol. The maximum atomic E-state index is 5.74. The summed E-state index contributed by atoms with van der Waals surface area (Å²) >= 11 is 5.62. The molecule has 2 aliphatic heterocycles. The summed E-state index contributed by atoms with van der Waals surface area (Å²) in [4.78, 5) is 2.39. The minimum atomic E-state index is -0.115. The van der Waals surface area contributed by atoms with Gasteiger partial charge >= 0.3 is 0 Å². The summed E-state index contributed by atoms with van der Waals surface area (Å²) in [7, 11) is 0. The first-order chi connectivity index (χ1) is 11.8. The lowest BCUT2D eigenvalue weighted by atomic mass is 10.0. The lowest BCUT2D eigenvalue weighted by Crippen LogP contribution is -2.47. The number of likely N-dealkylation sites (tertiary alicyclic amines) is 1.